The van der Waals surface area contributed by atoms with E-state index < -0.39 is 15.1 Å². The molecule has 29 heavy (non-hydrogen) atoms. The molecule has 0 fully saturated rings. The van der Waals surface area contributed by atoms with E-state index in [0.29, 0.717) is 23.4 Å². The molecule has 3 rings (SSSR count). The zero-order valence-electron chi connectivity index (χ0n) is 16.8. The van der Waals surface area contributed by atoms with E-state index in [9.17, 15) is 13.7 Å². The minimum Gasteiger partial charge on any atom is -0.358 e. The van der Waals surface area contributed by atoms with E-state index in [-0.39, 0.29) is 10.6 Å². The van der Waals surface area contributed by atoms with Gasteiger partial charge in [-0.05, 0) is 37.6 Å². The molecule has 0 aliphatic rings. The Labute approximate surface area is 171 Å². The summed E-state index contributed by atoms with van der Waals surface area (Å²) in [6.07, 6.45) is 1.91. The van der Waals surface area contributed by atoms with Gasteiger partial charge in [-0.1, -0.05) is 43.2 Å². The summed E-state index contributed by atoms with van der Waals surface area (Å²) >= 11 is 0. The zero-order valence-corrected chi connectivity index (χ0v) is 17.6. The van der Waals surface area contributed by atoms with Crippen LogP contribution >= 0.6 is 0 Å². The largest absolute Gasteiger partial charge is 0.358 e. The summed E-state index contributed by atoms with van der Waals surface area (Å²) in [5.41, 5.74) is 2.35. The van der Waals surface area contributed by atoms with Crippen molar-refractivity contribution in [3.05, 3.63) is 59.8 Å². The molecule has 150 valence electrons. The van der Waals surface area contributed by atoms with Gasteiger partial charge in [0.05, 0.1) is 22.0 Å². The summed E-state index contributed by atoms with van der Waals surface area (Å²) in [6.45, 7) is 4.66. The smallest absolute Gasteiger partial charge is 0.200 e. The number of aromatic nitrogens is 2. The lowest BCUT2D eigenvalue weighted by molar-refractivity contribution is 0.590. The number of fused-ring (bicyclic) bond motifs is 1. The van der Waals surface area contributed by atoms with Gasteiger partial charge in [-0.3, -0.25) is 0 Å². The quantitative estimate of drug-likeness (QED) is 0.582. The maximum Gasteiger partial charge on any atom is 0.200 e. The average Bonchev–Trinajstić information content (AvgIpc) is 2.72. The molecule has 1 unspecified atom stereocenters. The first-order valence-corrected chi connectivity index (χ1v) is 11.1. The van der Waals surface area contributed by atoms with Gasteiger partial charge in [0.1, 0.15) is 5.69 Å². The molecule has 2 aromatic carbocycles. The predicted molar refractivity (Wildman–Crippen MR) is 114 cm³/mol. The lowest BCUT2D eigenvalue weighted by Crippen LogP contribution is -2.24. The first-order valence-electron chi connectivity index (χ1n) is 9.56. The normalized spacial score (nSPS) is 12.5. The fourth-order valence-corrected chi connectivity index (χ4v) is 4.48. The van der Waals surface area contributed by atoms with Crippen LogP contribution in [0.15, 0.2) is 53.4 Å². The number of anilines is 1. The fraction of sp³-hybridized carbons (Fsp3) is 0.318. The zero-order chi connectivity index (χ0) is 21.0. The lowest BCUT2D eigenvalue weighted by Gasteiger charge is -2.23. The van der Waals surface area contributed by atoms with Crippen molar-refractivity contribution in [1.29, 1.82) is 5.26 Å². The lowest BCUT2D eigenvalue weighted by atomic mass is 10.2. The van der Waals surface area contributed by atoms with E-state index in [1.54, 1.807) is 18.2 Å². The number of para-hydroxylation sites is 2. The van der Waals surface area contributed by atoms with Crippen molar-refractivity contribution in [2.45, 2.75) is 36.8 Å². The highest BCUT2D eigenvalue weighted by Gasteiger charge is 2.34. The summed E-state index contributed by atoms with van der Waals surface area (Å²) in [4.78, 5) is 11.2. The van der Waals surface area contributed by atoms with E-state index in [1.807, 2.05) is 43.1 Å². The van der Waals surface area contributed by atoms with Crippen LogP contribution in [0.5, 0.6) is 0 Å². The average molecular weight is 409 g/mol. The Balaban J connectivity index is 2.19. The Bertz CT molecular complexity index is 1150. The molecule has 0 radical (unpaired) electrons. The molecule has 1 aromatic heterocycles. The molecule has 7 heteroatoms. The number of nitriles is 1. The van der Waals surface area contributed by atoms with Crippen LogP contribution in [0.4, 0.5) is 5.82 Å². The molecule has 1 heterocycles. The molecule has 0 spiro atoms. The third kappa shape index (κ3) is 4.22. The van der Waals surface area contributed by atoms with Crippen LogP contribution in [0.1, 0.15) is 36.3 Å². The predicted octanol–water partition coefficient (Wildman–Crippen LogP) is 4.21. The van der Waals surface area contributed by atoms with Gasteiger partial charge in [0.2, 0.25) is 9.84 Å². The SMILES string of the molecule is CCCCN(C)c1nc2ccccc2nc1C(C#N)S(=O)(=O)c1ccc(C)cc1. The molecule has 0 saturated heterocycles. The first kappa shape index (κ1) is 20.7. The van der Waals surface area contributed by atoms with Crippen molar-refractivity contribution < 1.29 is 8.42 Å². The summed E-state index contributed by atoms with van der Waals surface area (Å²) in [7, 11) is -2.10. The fourth-order valence-electron chi connectivity index (χ4n) is 3.10. The van der Waals surface area contributed by atoms with Gasteiger partial charge in [0.25, 0.3) is 0 Å². The van der Waals surface area contributed by atoms with E-state index in [0.717, 1.165) is 18.4 Å². The molecule has 6 nitrogen and oxygen atoms in total. The maximum absolute atomic E-state index is 13.3. The van der Waals surface area contributed by atoms with Crippen LogP contribution in [0.3, 0.4) is 0 Å². The van der Waals surface area contributed by atoms with Crippen molar-refractivity contribution in [3.8, 4) is 6.07 Å². The Morgan fingerprint density at radius 3 is 2.28 bits per heavy atom. The van der Waals surface area contributed by atoms with Crippen LogP contribution in [0, 0.1) is 18.3 Å². The highest BCUT2D eigenvalue weighted by molar-refractivity contribution is 7.92. The second-order valence-electron chi connectivity index (χ2n) is 7.06. The summed E-state index contributed by atoms with van der Waals surface area (Å²) in [5.74, 6) is 0.430. The number of sulfone groups is 1. The molecular formula is C22H24N4O2S. The van der Waals surface area contributed by atoms with Gasteiger partial charge in [-0.25, -0.2) is 18.4 Å². The van der Waals surface area contributed by atoms with Gasteiger partial charge in [-0.15, -0.1) is 0 Å². The number of nitrogens with zero attached hydrogens (tertiary/aromatic N) is 4. The Hall–Kier alpha value is -2.98. The molecule has 0 amide bonds. The Kier molecular flexibility index (Phi) is 6.14. The second kappa shape index (κ2) is 8.58. The van der Waals surface area contributed by atoms with Crippen molar-refractivity contribution in [3.63, 3.8) is 0 Å². The molecule has 0 bridgehead atoms. The third-order valence-electron chi connectivity index (χ3n) is 4.81. The third-order valence-corrected chi connectivity index (χ3v) is 6.69. The number of aryl methyl sites for hydroxylation is 1. The molecule has 0 N–H and O–H groups in total. The summed E-state index contributed by atoms with van der Waals surface area (Å²) < 4.78 is 26.6. The standard InChI is InChI=1S/C22H24N4O2S/c1-4-5-14-26(3)22-21(24-18-8-6-7-9-19(18)25-22)20(15-23)29(27,28)17-12-10-16(2)11-13-17/h6-13,20H,4-5,14H2,1-3H3. The minimum absolute atomic E-state index is 0.103. The van der Waals surface area contributed by atoms with Crippen molar-refractivity contribution >= 4 is 26.7 Å². The van der Waals surface area contributed by atoms with Gasteiger partial charge >= 0.3 is 0 Å². The number of hydrogen-bond donors (Lipinski definition) is 0. The Morgan fingerprint density at radius 2 is 1.69 bits per heavy atom. The summed E-state index contributed by atoms with van der Waals surface area (Å²) in [5, 5.41) is 8.43. The van der Waals surface area contributed by atoms with Crippen LogP contribution in [0.25, 0.3) is 11.0 Å². The van der Waals surface area contributed by atoms with E-state index in [1.165, 1.54) is 12.1 Å². The molecule has 3 aromatic rings. The van der Waals surface area contributed by atoms with Crippen molar-refractivity contribution in [1.82, 2.24) is 9.97 Å². The Morgan fingerprint density at radius 1 is 1.07 bits per heavy atom. The van der Waals surface area contributed by atoms with E-state index >= 15 is 0 Å². The molecule has 0 saturated carbocycles. The van der Waals surface area contributed by atoms with Crippen molar-refractivity contribution in [2.24, 2.45) is 0 Å². The molecule has 1 atom stereocenters. The van der Waals surface area contributed by atoms with Crippen LogP contribution in [-0.2, 0) is 9.84 Å². The second-order valence-corrected chi connectivity index (χ2v) is 9.10. The van der Waals surface area contributed by atoms with Gasteiger partial charge in [0.15, 0.2) is 11.1 Å². The van der Waals surface area contributed by atoms with E-state index in [4.69, 9.17) is 0 Å². The molecule has 0 aliphatic heterocycles. The number of rotatable bonds is 7. The maximum atomic E-state index is 13.3. The van der Waals surface area contributed by atoms with Gasteiger partial charge in [-0.2, -0.15) is 5.26 Å². The highest BCUT2D eigenvalue weighted by atomic mass is 32.2. The first-order chi connectivity index (χ1) is 13.9. The van der Waals surface area contributed by atoms with E-state index in [2.05, 4.69) is 16.9 Å². The van der Waals surface area contributed by atoms with Crippen LogP contribution < -0.4 is 4.90 Å². The number of benzene rings is 2. The van der Waals surface area contributed by atoms with Crippen LogP contribution in [-0.4, -0.2) is 32.0 Å². The van der Waals surface area contributed by atoms with Gasteiger partial charge in [0, 0.05) is 13.6 Å². The number of hydrogen-bond acceptors (Lipinski definition) is 6. The van der Waals surface area contributed by atoms with Crippen molar-refractivity contribution in [2.75, 3.05) is 18.5 Å². The minimum atomic E-state index is -3.96. The monoisotopic (exact) mass is 408 g/mol. The molecular weight excluding hydrogens is 384 g/mol. The van der Waals surface area contributed by atoms with Gasteiger partial charge < -0.3 is 4.90 Å². The highest BCUT2D eigenvalue weighted by Crippen LogP contribution is 2.33. The topological polar surface area (TPSA) is 86.9 Å². The number of unbranched alkanes of at least 4 members (excludes halogenated alkanes) is 1. The van der Waals surface area contributed by atoms with Crippen LogP contribution in [0.2, 0.25) is 0 Å². The summed E-state index contributed by atoms with van der Waals surface area (Å²) in [6, 6.07) is 15.8. The molecule has 0 aliphatic carbocycles.